The van der Waals surface area contributed by atoms with E-state index in [2.05, 4.69) is 5.32 Å². The molecule has 0 aromatic heterocycles. The Bertz CT molecular complexity index is 1510. The minimum absolute atomic E-state index is 0.0489. The predicted molar refractivity (Wildman–Crippen MR) is 141 cm³/mol. The summed E-state index contributed by atoms with van der Waals surface area (Å²) in [4.78, 5) is 25.5. The van der Waals surface area contributed by atoms with E-state index in [0.29, 0.717) is 23.4 Å². The molecule has 0 aliphatic carbocycles. The van der Waals surface area contributed by atoms with Crippen LogP contribution in [0.5, 0.6) is 5.75 Å². The van der Waals surface area contributed by atoms with Crippen LogP contribution in [0.4, 0.5) is 11.4 Å². The first kappa shape index (κ1) is 24.9. The Kier molecular flexibility index (Phi) is 7.36. The molecule has 36 heavy (non-hydrogen) atoms. The lowest BCUT2D eigenvalue weighted by atomic mass is 10.1. The molecule has 1 amide bonds. The van der Waals surface area contributed by atoms with Crippen LogP contribution in [-0.2, 0) is 14.8 Å². The van der Waals surface area contributed by atoms with Gasteiger partial charge in [0.05, 0.1) is 17.2 Å². The predicted octanol–water partition coefficient (Wildman–Crippen LogP) is 5.28. The van der Waals surface area contributed by atoms with Crippen LogP contribution in [0, 0.1) is 0 Å². The topological polar surface area (TPSA) is 92.8 Å². The zero-order chi connectivity index (χ0) is 25.7. The molecule has 0 atom stereocenters. The van der Waals surface area contributed by atoms with Crippen molar-refractivity contribution in [2.24, 2.45) is 0 Å². The number of fused-ring (bicyclic) bond motifs is 1. The van der Waals surface area contributed by atoms with Gasteiger partial charge in [-0.15, -0.1) is 0 Å². The number of carbonyl (C=O) groups is 2. The van der Waals surface area contributed by atoms with Crippen LogP contribution in [0.25, 0.3) is 10.8 Å². The summed E-state index contributed by atoms with van der Waals surface area (Å²) in [6.45, 7) is 3.23. The van der Waals surface area contributed by atoms with Gasteiger partial charge in [-0.1, -0.05) is 48.5 Å². The summed E-state index contributed by atoms with van der Waals surface area (Å²) < 4.78 is 34.5. The van der Waals surface area contributed by atoms with Gasteiger partial charge >= 0.3 is 0 Å². The molecule has 0 unspecified atom stereocenters. The molecule has 0 bridgehead atoms. The van der Waals surface area contributed by atoms with Crippen molar-refractivity contribution in [2.45, 2.75) is 18.7 Å². The highest BCUT2D eigenvalue weighted by molar-refractivity contribution is 7.93. The minimum atomic E-state index is -4.24. The van der Waals surface area contributed by atoms with Gasteiger partial charge in [0.2, 0.25) is 5.91 Å². The van der Waals surface area contributed by atoms with Crippen molar-refractivity contribution in [3.8, 4) is 5.75 Å². The Morgan fingerprint density at radius 2 is 1.53 bits per heavy atom. The number of Topliss-reactive ketones (excluding diaryl/α,β-unsaturated/α-hetero) is 1. The van der Waals surface area contributed by atoms with E-state index in [1.807, 2.05) is 25.1 Å². The van der Waals surface area contributed by atoms with Crippen LogP contribution in [0.1, 0.15) is 24.2 Å². The Morgan fingerprint density at radius 3 is 2.25 bits per heavy atom. The average molecular weight is 503 g/mol. The highest BCUT2D eigenvalue weighted by Crippen LogP contribution is 2.31. The number of amides is 1. The zero-order valence-electron chi connectivity index (χ0n) is 20.0. The second-order valence-corrected chi connectivity index (χ2v) is 9.90. The summed E-state index contributed by atoms with van der Waals surface area (Å²) in [5, 5.41) is 4.01. The molecule has 184 valence electrons. The fraction of sp³-hybridized carbons (Fsp3) is 0.143. The molecule has 0 aliphatic heterocycles. The summed E-state index contributed by atoms with van der Waals surface area (Å²) in [6, 6.07) is 25.3. The summed E-state index contributed by atoms with van der Waals surface area (Å²) in [5.41, 5.74) is 0.834. The van der Waals surface area contributed by atoms with Crippen molar-refractivity contribution in [1.29, 1.82) is 0 Å². The number of rotatable bonds is 9. The standard InChI is InChI=1S/C28H26N2O5S/c1-3-35-23-17-15-22(16-18-23)29-28(32)19-30(26-13-7-6-11-24(26)20(2)31)36(33,34)27-14-8-10-21-9-4-5-12-25(21)27/h4-18H,3,19H2,1-2H3,(H,29,32). The number of hydrogen-bond acceptors (Lipinski definition) is 5. The van der Waals surface area contributed by atoms with E-state index < -0.39 is 22.5 Å². The molecule has 0 radical (unpaired) electrons. The maximum absolute atomic E-state index is 14.0. The van der Waals surface area contributed by atoms with Crippen LogP contribution in [-0.4, -0.2) is 33.3 Å². The van der Waals surface area contributed by atoms with Crippen LogP contribution < -0.4 is 14.4 Å². The van der Waals surface area contributed by atoms with Crippen LogP contribution >= 0.6 is 0 Å². The molecule has 8 heteroatoms. The molecule has 0 heterocycles. The first-order valence-corrected chi connectivity index (χ1v) is 12.9. The van der Waals surface area contributed by atoms with Gasteiger partial charge in [0.25, 0.3) is 10.0 Å². The van der Waals surface area contributed by atoms with Gasteiger partial charge in [-0.3, -0.25) is 13.9 Å². The van der Waals surface area contributed by atoms with Gasteiger partial charge in [-0.25, -0.2) is 8.42 Å². The van der Waals surface area contributed by atoms with Gasteiger partial charge in [0, 0.05) is 16.6 Å². The third kappa shape index (κ3) is 5.23. The van der Waals surface area contributed by atoms with Crippen molar-refractivity contribution in [1.82, 2.24) is 0 Å². The number of sulfonamides is 1. The molecule has 1 N–H and O–H groups in total. The molecule has 7 nitrogen and oxygen atoms in total. The number of nitrogens with zero attached hydrogens (tertiary/aromatic N) is 1. The molecule has 0 aliphatic rings. The maximum Gasteiger partial charge on any atom is 0.265 e. The number of ether oxygens (including phenoxy) is 1. The van der Waals surface area contributed by atoms with E-state index in [1.54, 1.807) is 60.7 Å². The smallest absolute Gasteiger partial charge is 0.265 e. The Morgan fingerprint density at radius 1 is 0.861 bits per heavy atom. The van der Waals surface area contributed by atoms with Crippen LogP contribution in [0.3, 0.4) is 0 Å². The van der Waals surface area contributed by atoms with Gasteiger partial charge < -0.3 is 10.1 Å². The van der Waals surface area contributed by atoms with Crippen LogP contribution in [0.2, 0.25) is 0 Å². The highest BCUT2D eigenvalue weighted by Gasteiger charge is 2.31. The largest absolute Gasteiger partial charge is 0.494 e. The molecule has 0 saturated carbocycles. The number of anilines is 2. The van der Waals surface area contributed by atoms with Crippen molar-refractivity contribution in [3.05, 3.63) is 96.6 Å². The maximum atomic E-state index is 14.0. The normalized spacial score (nSPS) is 11.2. The molecule has 4 aromatic rings. The van der Waals surface area contributed by atoms with E-state index >= 15 is 0 Å². The second kappa shape index (κ2) is 10.6. The SMILES string of the molecule is CCOc1ccc(NC(=O)CN(c2ccccc2C(C)=O)S(=O)(=O)c2cccc3ccccc23)cc1. The zero-order valence-corrected chi connectivity index (χ0v) is 20.8. The lowest BCUT2D eigenvalue weighted by Crippen LogP contribution is -2.39. The van der Waals surface area contributed by atoms with E-state index in [1.165, 1.54) is 19.1 Å². The number of para-hydroxylation sites is 1. The third-order valence-corrected chi connectivity index (χ3v) is 7.42. The van der Waals surface area contributed by atoms with E-state index in [0.717, 1.165) is 9.69 Å². The van der Waals surface area contributed by atoms with Crippen LogP contribution in [0.15, 0.2) is 95.9 Å². The fourth-order valence-electron chi connectivity index (χ4n) is 3.96. The van der Waals surface area contributed by atoms with Gasteiger partial charge in [-0.2, -0.15) is 0 Å². The first-order valence-electron chi connectivity index (χ1n) is 11.4. The number of hydrogen-bond donors (Lipinski definition) is 1. The van der Waals surface area contributed by atoms with Crippen molar-refractivity contribution >= 4 is 43.9 Å². The van der Waals surface area contributed by atoms with Crippen molar-refractivity contribution < 1.29 is 22.7 Å². The van der Waals surface area contributed by atoms with Crippen molar-refractivity contribution in [2.75, 3.05) is 22.8 Å². The minimum Gasteiger partial charge on any atom is -0.494 e. The van der Waals surface area contributed by atoms with Gasteiger partial charge in [0.15, 0.2) is 5.78 Å². The van der Waals surface area contributed by atoms with E-state index in [9.17, 15) is 18.0 Å². The Labute approximate surface area is 210 Å². The molecule has 0 spiro atoms. The molecule has 4 rings (SSSR count). The summed E-state index contributed by atoms with van der Waals surface area (Å²) in [5.74, 6) is -0.206. The first-order chi connectivity index (χ1) is 17.3. The van der Waals surface area contributed by atoms with E-state index in [-0.39, 0.29) is 21.9 Å². The lowest BCUT2D eigenvalue weighted by molar-refractivity contribution is -0.114. The molecular weight excluding hydrogens is 476 g/mol. The number of ketones is 1. The number of benzene rings is 4. The number of carbonyl (C=O) groups excluding carboxylic acids is 2. The highest BCUT2D eigenvalue weighted by atomic mass is 32.2. The number of nitrogens with one attached hydrogen (secondary N) is 1. The van der Waals surface area contributed by atoms with Crippen molar-refractivity contribution in [3.63, 3.8) is 0 Å². The molecule has 0 saturated heterocycles. The molecule has 0 fully saturated rings. The Balaban J connectivity index is 1.75. The molecule has 4 aromatic carbocycles. The quantitative estimate of drug-likeness (QED) is 0.315. The monoisotopic (exact) mass is 502 g/mol. The summed E-state index contributed by atoms with van der Waals surface area (Å²) in [6.07, 6.45) is 0. The lowest BCUT2D eigenvalue weighted by Gasteiger charge is -2.26. The summed E-state index contributed by atoms with van der Waals surface area (Å²) >= 11 is 0. The fourth-order valence-corrected chi connectivity index (χ4v) is 5.62. The Hall–Kier alpha value is -4.17. The molecular formula is C28H26N2O5S. The van der Waals surface area contributed by atoms with Gasteiger partial charge in [-0.05, 0) is 61.7 Å². The average Bonchev–Trinajstić information content (AvgIpc) is 2.88. The van der Waals surface area contributed by atoms with Gasteiger partial charge in [0.1, 0.15) is 12.3 Å². The second-order valence-electron chi connectivity index (χ2n) is 8.07. The third-order valence-electron chi connectivity index (χ3n) is 5.61. The summed E-state index contributed by atoms with van der Waals surface area (Å²) in [7, 11) is -4.24. The van der Waals surface area contributed by atoms with E-state index in [4.69, 9.17) is 4.74 Å².